The van der Waals surface area contributed by atoms with Crippen molar-refractivity contribution in [2.24, 2.45) is 0 Å². The Bertz CT molecular complexity index is 1220. The monoisotopic (exact) mass is 444 g/mol. The topological polar surface area (TPSA) is 67.8 Å². The van der Waals surface area contributed by atoms with Gasteiger partial charge in [-0.2, -0.15) is 0 Å². The number of rotatable bonds is 7. The highest BCUT2D eigenvalue weighted by Crippen LogP contribution is 2.29. The van der Waals surface area contributed by atoms with Gasteiger partial charge in [0.1, 0.15) is 17.2 Å². The fraction of sp³-hybridized carbons (Fsp3) is 0.120. The highest BCUT2D eigenvalue weighted by molar-refractivity contribution is 7.99. The minimum Gasteiger partial charge on any atom is -0.351 e. The van der Waals surface area contributed by atoms with E-state index in [2.05, 4.69) is 15.5 Å². The number of hydrogen-bond acceptors (Lipinski definition) is 5. The minimum atomic E-state index is -0.280. The molecule has 5 nitrogen and oxygen atoms in total. The molecule has 4 rings (SSSR count). The Balaban J connectivity index is 1.47. The van der Waals surface area contributed by atoms with Gasteiger partial charge in [0, 0.05) is 17.7 Å². The van der Waals surface area contributed by atoms with Crippen LogP contribution in [0.25, 0.3) is 22.5 Å². The number of aryl methyl sites for hydroxylation is 1. The third-order valence-corrected chi connectivity index (χ3v) is 5.66. The maximum absolute atomic E-state index is 13.7. The molecule has 7 heteroatoms. The predicted octanol–water partition coefficient (Wildman–Crippen LogP) is 5.06. The molecule has 1 amide bonds. The Morgan fingerprint density at radius 3 is 2.22 bits per heavy atom. The lowest BCUT2D eigenvalue weighted by Crippen LogP contribution is -2.24. The molecule has 0 unspecified atom stereocenters. The first-order valence-corrected chi connectivity index (χ1v) is 11.1. The summed E-state index contributed by atoms with van der Waals surface area (Å²) in [6.07, 6.45) is 0. The lowest BCUT2D eigenvalue weighted by atomic mass is 10.0. The Morgan fingerprint density at radius 2 is 1.56 bits per heavy atom. The Labute approximate surface area is 190 Å². The number of aromatic nitrogens is 3. The molecule has 32 heavy (non-hydrogen) atoms. The lowest BCUT2D eigenvalue weighted by Gasteiger charge is -2.10. The lowest BCUT2D eigenvalue weighted by molar-refractivity contribution is -0.118. The summed E-state index contributed by atoms with van der Waals surface area (Å²) in [4.78, 5) is 17.0. The van der Waals surface area contributed by atoms with Crippen LogP contribution in [0.4, 0.5) is 4.39 Å². The summed E-state index contributed by atoms with van der Waals surface area (Å²) in [5, 5.41) is 11.8. The molecule has 0 spiro atoms. The van der Waals surface area contributed by atoms with Gasteiger partial charge < -0.3 is 5.32 Å². The number of benzene rings is 3. The van der Waals surface area contributed by atoms with Crippen molar-refractivity contribution in [3.8, 4) is 22.5 Å². The summed E-state index contributed by atoms with van der Waals surface area (Å²) in [5.74, 6) is -0.333. The highest BCUT2D eigenvalue weighted by atomic mass is 32.2. The molecule has 1 heterocycles. The molecule has 0 aliphatic carbocycles. The number of halogens is 1. The summed E-state index contributed by atoms with van der Waals surface area (Å²) in [6, 6.07) is 24.5. The Hall–Kier alpha value is -3.58. The first kappa shape index (κ1) is 21.6. The number of carbonyl (C=O) groups excluding carboxylic acids is 1. The van der Waals surface area contributed by atoms with Crippen molar-refractivity contribution in [1.82, 2.24) is 20.5 Å². The molecule has 0 bridgehead atoms. The number of carbonyl (C=O) groups is 1. The molecule has 0 saturated heterocycles. The van der Waals surface area contributed by atoms with Crippen LogP contribution >= 0.6 is 11.8 Å². The molecular formula is C25H21FN4OS. The standard InChI is InChI=1S/C25H21FN4OS/c1-17-12-13-18(14-21(17)26)15-27-22(31)16-32-25-28-23(19-8-4-2-5-9-19)24(29-30-25)20-10-6-3-7-11-20/h2-14H,15-16H2,1H3,(H,27,31). The van der Waals surface area contributed by atoms with E-state index >= 15 is 0 Å². The van der Waals surface area contributed by atoms with Crippen LogP contribution in [0.2, 0.25) is 0 Å². The molecule has 0 aliphatic heterocycles. The molecule has 0 fully saturated rings. The highest BCUT2D eigenvalue weighted by Gasteiger charge is 2.14. The molecule has 1 aromatic heterocycles. The second kappa shape index (κ2) is 10.2. The molecule has 160 valence electrons. The van der Waals surface area contributed by atoms with Gasteiger partial charge in [0.2, 0.25) is 11.1 Å². The number of amides is 1. The maximum Gasteiger partial charge on any atom is 0.230 e. The zero-order chi connectivity index (χ0) is 22.3. The van der Waals surface area contributed by atoms with Crippen LogP contribution < -0.4 is 5.32 Å². The van der Waals surface area contributed by atoms with Crippen LogP contribution in [0, 0.1) is 12.7 Å². The van der Waals surface area contributed by atoms with Gasteiger partial charge in [0.05, 0.1) is 5.75 Å². The Kier molecular flexibility index (Phi) is 6.87. The molecule has 4 aromatic rings. The van der Waals surface area contributed by atoms with E-state index in [0.717, 1.165) is 11.1 Å². The second-order valence-corrected chi connectivity index (χ2v) is 8.12. The van der Waals surface area contributed by atoms with Gasteiger partial charge in [-0.15, -0.1) is 10.2 Å². The Morgan fingerprint density at radius 1 is 0.906 bits per heavy atom. The predicted molar refractivity (Wildman–Crippen MR) is 124 cm³/mol. The van der Waals surface area contributed by atoms with Crippen molar-refractivity contribution in [2.45, 2.75) is 18.6 Å². The number of nitrogens with one attached hydrogen (secondary N) is 1. The quantitative estimate of drug-likeness (QED) is 0.404. The van der Waals surface area contributed by atoms with Crippen LogP contribution in [0.1, 0.15) is 11.1 Å². The third kappa shape index (κ3) is 5.36. The fourth-order valence-electron chi connectivity index (χ4n) is 3.09. The van der Waals surface area contributed by atoms with Crippen molar-refractivity contribution >= 4 is 17.7 Å². The van der Waals surface area contributed by atoms with E-state index in [1.165, 1.54) is 17.8 Å². The number of hydrogen-bond donors (Lipinski definition) is 1. The largest absolute Gasteiger partial charge is 0.351 e. The number of nitrogens with zero attached hydrogens (tertiary/aromatic N) is 3. The molecule has 0 aliphatic rings. The van der Waals surface area contributed by atoms with E-state index in [0.29, 0.717) is 27.7 Å². The minimum absolute atomic E-state index is 0.134. The smallest absolute Gasteiger partial charge is 0.230 e. The third-order valence-electron chi connectivity index (χ3n) is 4.82. The summed E-state index contributed by atoms with van der Waals surface area (Å²) in [7, 11) is 0. The normalized spacial score (nSPS) is 10.7. The van der Waals surface area contributed by atoms with Crippen molar-refractivity contribution in [3.05, 3.63) is 95.8 Å². The van der Waals surface area contributed by atoms with E-state index < -0.39 is 0 Å². The van der Waals surface area contributed by atoms with Crippen LogP contribution in [0.15, 0.2) is 84.0 Å². The van der Waals surface area contributed by atoms with Gasteiger partial charge >= 0.3 is 0 Å². The molecule has 0 atom stereocenters. The van der Waals surface area contributed by atoms with Gasteiger partial charge in [-0.3, -0.25) is 4.79 Å². The van der Waals surface area contributed by atoms with Crippen molar-refractivity contribution in [2.75, 3.05) is 5.75 Å². The van der Waals surface area contributed by atoms with Crippen molar-refractivity contribution in [3.63, 3.8) is 0 Å². The number of thioether (sulfide) groups is 1. The zero-order valence-corrected chi connectivity index (χ0v) is 18.3. The van der Waals surface area contributed by atoms with Crippen molar-refractivity contribution < 1.29 is 9.18 Å². The molecule has 1 N–H and O–H groups in total. The average molecular weight is 445 g/mol. The summed E-state index contributed by atoms with van der Waals surface area (Å²) in [5.41, 5.74) is 4.54. The van der Waals surface area contributed by atoms with Crippen LogP contribution in [0.3, 0.4) is 0 Å². The van der Waals surface area contributed by atoms with Gasteiger partial charge in [0.25, 0.3) is 0 Å². The summed E-state index contributed by atoms with van der Waals surface area (Å²) in [6.45, 7) is 1.97. The zero-order valence-electron chi connectivity index (χ0n) is 17.5. The molecular weight excluding hydrogens is 423 g/mol. The van der Waals surface area contributed by atoms with E-state index in [4.69, 9.17) is 4.98 Å². The van der Waals surface area contributed by atoms with E-state index in [-0.39, 0.29) is 24.0 Å². The molecule has 3 aromatic carbocycles. The summed E-state index contributed by atoms with van der Waals surface area (Å²) < 4.78 is 13.7. The van der Waals surface area contributed by atoms with E-state index in [1.54, 1.807) is 19.1 Å². The van der Waals surface area contributed by atoms with Gasteiger partial charge in [-0.25, -0.2) is 9.37 Å². The first-order chi connectivity index (χ1) is 15.6. The van der Waals surface area contributed by atoms with Gasteiger partial charge in [0.15, 0.2) is 0 Å². The van der Waals surface area contributed by atoms with Gasteiger partial charge in [-0.05, 0) is 24.1 Å². The van der Waals surface area contributed by atoms with Crippen molar-refractivity contribution in [1.29, 1.82) is 0 Å². The van der Waals surface area contributed by atoms with Crippen LogP contribution in [0.5, 0.6) is 0 Å². The van der Waals surface area contributed by atoms with Crippen LogP contribution in [-0.4, -0.2) is 26.8 Å². The second-order valence-electron chi connectivity index (χ2n) is 7.17. The fourth-order valence-corrected chi connectivity index (χ4v) is 3.70. The SMILES string of the molecule is Cc1ccc(CNC(=O)CSc2nnc(-c3ccccc3)c(-c3ccccc3)n2)cc1F. The van der Waals surface area contributed by atoms with Gasteiger partial charge in [-0.1, -0.05) is 84.6 Å². The molecule has 0 radical (unpaired) electrons. The van der Waals surface area contributed by atoms with E-state index in [9.17, 15) is 9.18 Å². The molecule has 0 saturated carbocycles. The van der Waals surface area contributed by atoms with Crippen LogP contribution in [-0.2, 0) is 11.3 Å². The summed E-state index contributed by atoms with van der Waals surface area (Å²) >= 11 is 1.21. The first-order valence-electron chi connectivity index (χ1n) is 10.1. The average Bonchev–Trinajstić information content (AvgIpc) is 2.84. The maximum atomic E-state index is 13.7. The van der Waals surface area contributed by atoms with E-state index in [1.807, 2.05) is 60.7 Å².